The summed E-state index contributed by atoms with van der Waals surface area (Å²) in [4.78, 5) is 22.4. The summed E-state index contributed by atoms with van der Waals surface area (Å²) in [5.41, 5.74) is 0.345. The highest BCUT2D eigenvalue weighted by Crippen LogP contribution is 2.10. The molecule has 17 heavy (non-hydrogen) atoms. The smallest absolute Gasteiger partial charge is 0.328 e. The van der Waals surface area contributed by atoms with Gasteiger partial charge in [-0.2, -0.15) is 0 Å². The lowest BCUT2D eigenvalue weighted by Gasteiger charge is -2.21. The van der Waals surface area contributed by atoms with Gasteiger partial charge in [-0.05, 0) is 38.5 Å². The topological polar surface area (TPSA) is 78.4 Å². The molecule has 0 bridgehead atoms. The van der Waals surface area contributed by atoms with Gasteiger partial charge in [-0.3, -0.25) is 0 Å². The van der Waals surface area contributed by atoms with Gasteiger partial charge in [0.25, 0.3) is 0 Å². The maximum absolute atomic E-state index is 11.6. The van der Waals surface area contributed by atoms with Crippen molar-refractivity contribution in [3.63, 3.8) is 0 Å². The van der Waals surface area contributed by atoms with E-state index in [9.17, 15) is 9.59 Å². The minimum Gasteiger partial charge on any atom is -0.480 e. The van der Waals surface area contributed by atoms with Crippen molar-refractivity contribution < 1.29 is 14.7 Å². The van der Waals surface area contributed by atoms with Crippen LogP contribution in [0.25, 0.3) is 0 Å². The van der Waals surface area contributed by atoms with Crippen molar-refractivity contribution in [2.75, 3.05) is 5.32 Å². The number of carbonyl (C=O) groups is 2. The number of carboxylic acids is 1. The van der Waals surface area contributed by atoms with Crippen LogP contribution in [0.15, 0.2) is 24.3 Å². The van der Waals surface area contributed by atoms with E-state index in [4.69, 9.17) is 5.11 Å². The zero-order valence-corrected chi connectivity index (χ0v) is 10.1. The quantitative estimate of drug-likeness (QED) is 0.750. The van der Waals surface area contributed by atoms with Crippen LogP contribution in [-0.2, 0) is 4.79 Å². The van der Waals surface area contributed by atoms with Gasteiger partial charge in [0.05, 0.1) is 0 Å². The van der Waals surface area contributed by atoms with Crippen LogP contribution in [0.5, 0.6) is 0 Å². The summed E-state index contributed by atoms with van der Waals surface area (Å²) in [6.07, 6.45) is 0. The Morgan fingerprint density at radius 2 is 1.94 bits per heavy atom. The zero-order chi connectivity index (χ0) is 13.1. The van der Waals surface area contributed by atoms with Crippen LogP contribution in [0.4, 0.5) is 10.5 Å². The van der Waals surface area contributed by atoms with Crippen LogP contribution in [0.3, 0.4) is 0 Å². The molecule has 0 radical (unpaired) electrons. The molecule has 0 unspecified atom stereocenters. The van der Waals surface area contributed by atoms with Gasteiger partial charge in [-0.1, -0.05) is 12.1 Å². The van der Waals surface area contributed by atoms with Gasteiger partial charge in [-0.15, -0.1) is 0 Å². The molecule has 0 atom stereocenters. The molecule has 0 aliphatic rings. The van der Waals surface area contributed by atoms with Crippen molar-refractivity contribution in [3.8, 4) is 0 Å². The van der Waals surface area contributed by atoms with Crippen molar-refractivity contribution in [2.24, 2.45) is 0 Å². The second-order valence-corrected chi connectivity index (χ2v) is 4.38. The number of aryl methyl sites for hydroxylation is 1. The summed E-state index contributed by atoms with van der Waals surface area (Å²) in [6, 6.07) is 6.72. The van der Waals surface area contributed by atoms with E-state index in [1.807, 2.05) is 19.1 Å². The largest absolute Gasteiger partial charge is 0.480 e. The lowest BCUT2D eigenvalue weighted by molar-refractivity contribution is -0.142. The fourth-order valence-electron chi connectivity index (χ4n) is 1.22. The Morgan fingerprint density at radius 1 is 1.29 bits per heavy atom. The third-order valence-electron chi connectivity index (χ3n) is 2.24. The number of nitrogens with one attached hydrogen (secondary N) is 2. The van der Waals surface area contributed by atoms with Gasteiger partial charge in [0.15, 0.2) is 0 Å². The van der Waals surface area contributed by atoms with Crippen LogP contribution in [0, 0.1) is 6.92 Å². The summed E-state index contributed by atoms with van der Waals surface area (Å²) in [7, 11) is 0. The number of benzene rings is 1. The van der Waals surface area contributed by atoms with Crippen molar-refractivity contribution in [1.82, 2.24) is 5.32 Å². The van der Waals surface area contributed by atoms with Gasteiger partial charge in [0.2, 0.25) is 0 Å². The van der Waals surface area contributed by atoms with Crippen molar-refractivity contribution in [2.45, 2.75) is 26.3 Å². The fourth-order valence-corrected chi connectivity index (χ4v) is 1.22. The highest BCUT2D eigenvalue weighted by atomic mass is 16.4. The van der Waals surface area contributed by atoms with E-state index in [2.05, 4.69) is 10.6 Å². The van der Waals surface area contributed by atoms with E-state index >= 15 is 0 Å². The number of hydrogen-bond acceptors (Lipinski definition) is 2. The molecule has 0 spiro atoms. The maximum atomic E-state index is 11.6. The molecule has 0 saturated heterocycles. The van der Waals surface area contributed by atoms with Gasteiger partial charge in [0, 0.05) is 5.69 Å². The molecular weight excluding hydrogens is 220 g/mol. The molecule has 2 amide bonds. The number of carboxylic acid groups (broad SMARTS) is 1. The van der Waals surface area contributed by atoms with Gasteiger partial charge >= 0.3 is 12.0 Å². The lowest BCUT2D eigenvalue weighted by Crippen LogP contribution is -2.51. The average molecular weight is 236 g/mol. The Hall–Kier alpha value is -2.04. The maximum Gasteiger partial charge on any atom is 0.328 e. The normalized spacial score (nSPS) is 10.8. The Bertz CT molecular complexity index is 441. The lowest BCUT2D eigenvalue weighted by atomic mass is 10.1. The molecule has 5 heteroatoms. The molecule has 0 heterocycles. The van der Waals surface area contributed by atoms with E-state index in [1.165, 1.54) is 13.8 Å². The summed E-state index contributed by atoms with van der Waals surface area (Å²) < 4.78 is 0. The molecule has 1 rings (SSSR count). The van der Waals surface area contributed by atoms with Crippen LogP contribution in [0.1, 0.15) is 19.4 Å². The second-order valence-electron chi connectivity index (χ2n) is 4.38. The van der Waals surface area contributed by atoms with Crippen LogP contribution in [0.2, 0.25) is 0 Å². The van der Waals surface area contributed by atoms with Crippen LogP contribution < -0.4 is 10.6 Å². The molecule has 0 saturated carbocycles. The van der Waals surface area contributed by atoms with E-state index in [0.717, 1.165) is 5.56 Å². The third kappa shape index (κ3) is 3.79. The first-order chi connectivity index (χ1) is 7.81. The molecule has 1 aromatic rings. The number of rotatable bonds is 3. The Balaban J connectivity index is 2.65. The van der Waals surface area contributed by atoms with Crippen molar-refractivity contribution >= 4 is 17.7 Å². The molecule has 0 aliphatic carbocycles. The second kappa shape index (κ2) is 4.86. The number of anilines is 1. The Labute approximate surface area is 99.8 Å². The standard InChI is InChI=1S/C12H16N2O3/c1-8-5-4-6-9(7-8)13-11(17)14-12(2,3)10(15)16/h4-7H,1-3H3,(H,15,16)(H2,13,14,17). The molecule has 5 nitrogen and oxygen atoms in total. The first kappa shape index (κ1) is 13.0. The summed E-state index contributed by atoms with van der Waals surface area (Å²) >= 11 is 0. The van der Waals surface area contributed by atoms with Gasteiger partial charge < -0.3 is 15.7 Å². The van der Waals surface area contributed by atoms with E-state index < -0.39 is 17.5 Å². The number of carbonyl (C=O) groups excluding carboxylic acids is 1. The van der Waals surface area contributed by atoms with Crippen molar-refractivity contribution in [1.29, 1.82) is 0 Å². The number of aliphatic carboxylic acids is 1. The predicted molar refractivity (Wildman–Crippen MR) is 65.0 cm³/mol. The Morgan fingerprint density at radius 3 is 2.47 bits per heavy atom. The number of hydrogen-bond donors (Lipinski definition) is 3. The molecule has 1 aromatic carbocycles. The van der Waals surface area contributed by atoms with Crippen LogP contribution in [-0.4, -0.2) is 22.6 Å². The highest BCUT2D eigenvalue weighted by molar-refractivity contribution is 5.93. The summed E-state index contributed by atoms with van der Waals surface area (Å²) in [5, 5.41) is 13.8. The minimum absolute atomic E-state index is 0.539. The average Bonchev–Trinajstić information content (AvgIpc) is 2.15. The molecule has 92 valence electrons. The zero-order valence-electron chi connectivity index (χ0n) is 10.1. The molecule has 3 N–H and O–H groups in total. The van der Waals surface area contributed by atoms with Gasteiger partial charge in [0.1, 0.15) is 5.54 Å². The summed E-state index contributed by atoms with van der Waals surface area (Å²) in [5.74, 6) is -1.09. The van der Waals surface area contributed by atoms with Crippen LogP contribution >= 0.6 is 0 Å². The SMILES string of the molecule is Cc1cccc(NC(=O)NC(C)(C)C(=O)O)c1. The molecule has 0 aromatic heterocycles. The van der Waals surface area contributed by atoms with Gasteiger partial charge in [-0.25, -0.2) is 9.59 Å². The number of urea groups is 1. The highest BCUT2D eigenvalue weighted by Gasteiger charge is 2.28. The monoisotopic (exact) mass is 236 g/mol. The molecule has 0 aliphatic heterocycles. The number of amides is 2. The van der Waals surface area contributed by atoms with E-state index in [-0.39, 0.29) is 0 Å². The Kier molecular flexibility index (Phi) is 3.73. The molecule has 0 fully saturated rings. The van der Waals surface area contributed by atoms with E-state index in [1.54, 1.807) is 12.1 Å². The van der Waals surface area contributed by atoms with Crippen molar-refractivity contribution in [3.05, 3.63) is 29.8 Å². The first-order valence-corrected chi connectivity index (χ1v) is 5.20. The molecular formula is C12H16N2O3. The minimum atomic E-state index is -1.30. The van der Waals surface area contributed by atoms with E-state index in [0.29, 0.717) is 5.69 Å². The predicted octanol–water partition coefficient (Wildman–Crippen LogP) is 1.98. The first-order valence-electron chi connectivity index (χ1n) is 5.20. The fraction of sp³-hybridized carbons (Fsp3) is 0.333. The summed E-state index contributed by atoms with van der Waals surface area (Å²) in [6.45, 7) is 4.75. The third-order valence-corrected chi connectivity index (χ3v) is 2.24.